The number of rotatable bonds is 8. The van der Waals surface area contributed by atoms with Gasteiger partial charge in [0.15, 0.2) is 12.4 Å². The first-order chi connectivity index (χ1) is 14.1. The van der Waals surface area contributed by atoms with E-state index in [4.69, 9.17) is 4.74 Å². The number of hydrogen-bond donors (Lipinski definition) is 1. The molecule has 0 saturated carbocycles. The molecule has 0 aliphatic heterocycles. The Bertz CT molecular complexity index is 971. The van der Waals surface area contributed by atoms with E-state index in [-0.39, 0.29) is 31.4 Å². The number of Topliss-reactive ketones (excluding diaryl/α,β-unsaturated/α-hetero) is 1. The lowest BCUT2D eigenvalue weighted by Crippen LogP contribution is -2.38. The molecular weight excluding hydrogens is 368 g/mol. The quantitative estimate of drug-likeness (QED) is 0.278. The molecule has 0 radical (unpaired) electrons. The monoisotopic (exact) mass is 389 g/mol. The smallest absolute Gasteiger partial charge is 0.338 e. The van der Waals surface area contributed by atoms with Crippen molar-refractivity contribution in [2.75, 3.05) is 13.2 Å². The zero-order valence-electron chi connectivity index (χ0n) is 15.8. The molecule has 3 aromatic rings. The molecule has 0 bridgehead atoms. The van der Waals surface area contributed by atoms with Gasteiger partial charge in [-0.1, -0.05) is 48.5 Å². The first-order valence-corrected chi connectivity index (χ1v) is 9.21. The van der Waals surface area contributed by atoms with Gasteiger partial charge in [-0.15, -0.1) is 0 Å². The minimum absolute atomic E-state index is 0.00645. The number of ether oxygens (including phenoxy) is 1. The van der Waals surface area contributed by atoms with Crippen molar-refractivity contribution in [1.82, 2.24) is 5.32 Å². The third-order valence-corrected chi connectivity index (χ3v) is 4.21. The van der Waals surface area contributed by atoms with E-state index in [1.54, 1.807) is 65.5 Å². The summed E-state index contributed by atoms with van der Waals surface area (Å²) in [6, 6.07) is 21.0. The molecular formula is C23H21N2O4+. The fraction of sp³-hybridized carbons (Fsp3) is 0.130. The fourth-order valence-corrected chi connectivity index (χ4v) is 2.66. The summed E-state index contributed by atoms with van der Waals surface area (Å²) in [5, 5.41) is 2.70. The van der Waals surface area contributed by atoms with Crippen molar-refractivity contribution in [2.45, 2.75) is 6.54 Å². The lowest BCUT2D eigenvalue weighted by molar-refractivity contribution is -0.683. The number of nitrogens with zero attached hydrogens (tertiary/aromatic N) is 1. The number of carbonyl (C=O) groups is 3. The average molecular weight is 389 g/mol. The predicted octanol–water partition coefficient (Wildman–Crippen LogP) is 2.44. The molecule has 29 heavy (non-hydrogen) atoms. The van der Waals surface area contributed by atoms with Crippen molar-refractivity contribution in [1.29, 1.82) is 0 Å². The zero-order valence-corrected chi connectivity index (χ0v) is 15.8. The van der Waals surface area contributed by atoms with Crippen molar-refractivity contribution >= 4 is 17.7 Å². The average Bonchev–Trinajstić information content (AvgIpc) is 2.78. The molecule has 0 aliphatic carbocycles. The molecule has 1 amide bonds. The van der Waals surface area contributed by atoms with Crippen LogP contribution in [0.1, 0.15) is 31.1 Å². The van der Waals surface area contributed by atoms with E-state index in [0.717, 1.165) is 0 Å². The fourth-order valence-electron chi connectivity index (χ4n) is 2.66. The molecule has 1 aromatic heterocycles. The molecule has 0 fully saturated rings. The summed E-state index contributed by atoms with van der Waals surface area (Å²) in [7, 11) is 0. The first kappa shape index (κ1) is 19.9. The minimum atomic E-state index is -0.427. The number of benzene rings is 2. The van der Waals surface area contributed by atoms with Crippen molar-refractivity contribution in [3.05, 3.63) is 102 Å². The third kappa shape index (κ3) is 5.84. The molecule has 1 N–H and O–H groups in total. The highest BCUT2D eigenvalue weighted by Gasteiger charge is 2.13. The van der Waals surface area contributed by atoms with Crippen LogP contribution < -0.4 is 9.88 Å². The molecule has 3 rings (SSSR count). The van der Waals surface area contributed by atoms with Crippen molar-refractivity contribution < 1.29 is 23.7 Å². The molecule has 6 nitrogen and oxygen atoms in total. The molecule has 0 atom stereocenters. The van der Waals surface area contributed by atoms with E-state index in [1.807, 2.05) is 24.3 Å². The summed E-state index contributed by atoms with van der Waals surface area (Å²) in [5.41, 5.74) is 1.58. The highest BCUT2D eigenvalue weighted by atomic mass is 16.5. The number of ketones is 1. The van der Waals surface area contributed by atoms with E-state index in [9.17, 15) is 14.4 Å². The van der Waals surface area contributed by atoms with Crippen LogP contribution in [0.2, 0.25) is 0 Å². The second-order valence-electron chi connectivity index (χ2n) is 6.31. The van der Waals surface area contributed by atoms with Gasteiger partial charge in [0.05, 0.1) is 17.7 Å². The van der Waals surface area contributed by atoms with Crippen LogP contribution in [0.15, 0.2) is 85.2 Å². The van der Waals surface area contributed by atoms with Crippen molar-refractivity contribution in [2.24, 2.45) is 0 Å². The maximum absolute atomic E-state index is 12.2. The SMILES string of the molecule is O=C(C[n+]1ccc(C(=O)NCCOC(=O)c2ccccc2)cc1)c1ccccc1. The van der Waals surface area contributed by atoms with Crippen LogP contribution in [0, 0.1) is 0 Å². The normalized spacial score (nSPS) is 10.2. The Morgan fingerprint density at radius 1 is 0.759 bits per heavy atom. The third-order valence-electron chi connectivity index (χ3n) is 4.21. The van der Waals surface area contributed by atoms with Crippen LogP contribution in [0.5, 0.6) is 0 Å². The number of pyridine rings is 1. The highest BCUT2D eigenvalue weighted by Crippen LogP contribution is 2.02. The van der Waals surface area contributed by atoms with Gasteiger partial charge in [-0.3, -0.25) is 9.59 Å². The second kappa shape index (κ2) is 9.94. The topological polar surface area (TPSA) is 76.3 Å². The van der Waals surface area contributed by atoms with E-state index < -0.39 is 5.97 Å². The number of esters is 1. The largest absolute Gasteiger partial charge is 0.460 e. The standard InChI is InChI=1S/C23H20N2O4/c26-21(18-7-3-1-4-8-18)17-25-14-11-19(12-15-25)22(27)24-13-16-29-23(28)20-9-5-2-6-10-20/h1-12,14-15H,13,16-17H2/p+1. The summed E-state index contributed by atoms with van der Waals surface area (Å²) in [4.78, 5) is 36.2. The number of hydrogen-bond acceptors (Lipinski definition) is 4. The maximum atomic E-state index is 12.2. The van der Waals surface area contributed by atoms with Crippen LogP contribution >= 0.6 is 0 Å². The van der Waals surface area contributed by atoms with Gasteiger partial charge in [-0.2, -0.15) is 4.57 Å². The van der Waals surface area contributed by atoms with Gasteiger partial charge in [-0.25, -0.2) is 4.79 Å². The lowest BCUT2D eigenvalue weighted by Gasteiger charge is -2.06. The van der Waals surface area contributed by atoms with Crippen molar-refractivity contribution in [3.8, 4) is 0 Å². The molecule has 0 aliphatic rings. The van der Waals surface area contributed by atoms with Gasteiger partial charge >= 0.3 is 5.97 Å². The Morgan fingerprint density at radius 3 is 1.97 bits per heavy atom. The summed E-state index contributed by atoms with van der Waals surface area (Å²) < 4.78 is 6.84. The van der Waals surface area contributed by atoms with Gasteiger partial charge in [0, 0.05) is 17.7 Å². The molecule has 1 heterocycles. The summed E-state index contributed by atoms with van der Waals surface area (Å²) in [5.74, 6) is -0.709. The van der Waals surface area contributed by atoms with E-state index in [2.05, 4.69) is 5.32 Å². The van der Waals surface area contributed by atoms with Crippen LogP contribution in [-0.2, 0) is 11.3 Å². The summed E-state index contributed by atoms with van der Waals surface area (Å²) in [6.45, 7) is 0.484. The molecule has 0 saturated heterocycles. The number of carbonyl (C=O) groups excluding carboxylic acids is 3. The van der Waals surface area contributed by atoms with E-state index in [0.29, 0.717) is 16.7 Å². The summed E-state index contributed by atoms with van der Waals surface area (Å²) in [6.07, 6.45) is 3.37. The molecule has 2 aromatic carbocycles. The summed E-state index contributed by atoms with van der Waals surface area (Å²) >= 11 is 0. The van der Waals surface area contributed by atoms with Gasteiger partial charge in [0.2, 0.25) is 12.3 Å². The number of aromatic nitrogens is 1. The van der Waals surface area contributed by atoms with Gasteiger partial charge in [0.25, 0.3) is 5.91 Å². The van der Waals surface area contributed by atoms with Crippen LogP contribution in [-0.4, -0.2) is 30.8 Å². The van der Waals surface area contributed by atoms with Gasteiger partial charge in [-0.05, 0) is 12.1 Å². The van der Waals surface area contributed by atoms with Crippen LogP contribution in [0.3, 0.4) is 0 Å². The highest BCUT2D eigenvalue weighted by molar-refractivity contribution is 5.95. The molecule has 0 unspecified atom stereocenters. The Balaban J connectivity index is 1.44. The van der Waals surface area contributed by atoms with Gasteiger partial charge < -0.3 is 10.1 Å². The van der Waals surface area contributed by atoms with E-state index >= 15 is 0 Å². The Hall–Kier alpha value is -3.80. The molecule has 0 spiro atoms. The van der Waals surface area contributed by atoms with Crippen molar-refractivity contribution in [3.63, 3.8) is 0 Å². The first-order valence-electron chi connectivity index (χ1n) is 9.21. The van der Waals surface area contributed by atoms with Crippen LogP contribution in [0.4, 0.5) is 0 Å². The Morgan fingerprint density at radius 2 is 1.34 bits per heavy atom. The number of nitrogens with one attached hydrogen (secondary N) is 1. The number of amides is 1. The van der Waals surface area contributed by atoms with E-state index in [1.165, 1.54) is 0 Å². The molecule has 6 heteroatoms. The lowest BCUT2D eigenvalue weighted by atomic mass is 10.1. The van der Waals surface area contributed by atoms with Crippen LogP contribution in [0.25, 0.3) is 0 Å². The zero-order chi connectivity index (χ0) is 20.5. The predicted molar refractivity (Wildman–Crippen MR) is 106 cm³/mol. The Kier molecular flexibility index (Phi) is 6.84. The maximum Gasteiger partial charge on any atom is 0.338 e. The second-order valence-corrected chi connectivity index (χ2v) is 6.31. The molecule has 146 valence electrons. The van der Waals surface area contributed by atoms with Gasteiger partial charge in [0.1, 0.15) is 6.61 Å². The Labute approximate surface area is 168 Å². The minimum Gasteiger partial charge on any atom is -0.460 e.